The van der Waals surface area contributed by atoms with Crippen molar-refractivity contribution in [2.24, 2.45) is 0 Å². The molecule has 1 atom stereocenters. The number of carboxylic acid groups (broad SMARTS) is 1. The maximum Gasteiger partial charge on any atom is 0.344 e. The molecule has 0 aliphatic carbocycles. The van der Waals surface area contributed by atoms with Crippen molar-refractivity contribution >= 4 is 5.97 Å². The second kappa shape index (κ2) is 6.38. The summed E-state index contributed by atoms with van der Waals surface area (Å²) in [4.78, 5) is 10.8. The maximum absolute atomic E-state index is 14.3. The number of benzene rings is 2. The molecule has 0 unspecified atom stereocenters. The smallest absolute Gasteiger partial charge is 0.344 e. The number of aliphatic carboxylic acids is 1. The van der Waals surface area contributed by atoms with E-state index in [9.17, 15) is 14.3 Å². The lowest BCUT2D eigenvalue weighted by Crippen LogP contribution is -2.22. The SMILES string of the molecule is C[C@H](Oc1ccc(-c2ccc(C(C)(C)O)cc2F)cc1)C(=O)O. The van der Waals surface area contributed by atoms with Crippen LogP contribution < -0.4 is 4.74 Å². The molecule has 0 heterocycles. The molecule has 23 heavy (non-hydrogen) atoms. The van der Waals surface area contributed by atoms with Gasteiger partial charge in [0, 0.05) is 5.56 Å². The lowest BCUT2D eigenvalue weighted by molar-refractivity contribution is -0.144. The van der Waals surface area contributed by atoms with Gasteiger partial charge >= 0.3 is 5.97 Å². The predicted octanol–water partition coefficient (Wildman–Crippen LogP) is 3.57. The Balaban J connectivity index is 2.24. The summed E-state index contributed by atoms with van der Waals surface area (Å²) in [6.07, 6.45) is -0.955. The van der Waals surface area contributed by atoms with Crippen LogP contribution in [-0.2, 0) is 10.4 Å². The summed E-state index contributed by atoms with van der Waals surface area (Å²) in [5.41, 5.74) is 0.425. The third-order valence-electron chi connectivity index (χ3n) is 3.50. The molecule has 0 aromatic heterocycles. The van der Waals surface area contributed by atoms with E-state index in [1.165, 1.54) is 13.0 Å². The summed E-state index contributed by atoms with van der Waals surface area (Å²) in [7, 11) is 0. The third kappa shape index (κ3) is 4.07. The summed E-state index contributed by atoms with van der Waals surface area (Å²) in [5, 5.41) is 18.7. The van der Waals surface area contributed by atoms with Gasteiger partial charge in [-0.15, -0.1) is 0 Å². The highest BCUT2D eigenvalue weighted by atomic mass is 19.1. The van der Waals surface area contributed by atoms with Crippen molar-refractivity contribution in [2.75, 3.05) is 0 Å². The molecule has 2 N–H and O–H groups in total. The van der Waals surface area contributed by atoms with Gasteiger partial charge in [0.15, 0.2) is 6.10 Å². The molecule has 2 rings (SSSR count). The van der Waals surface area contributed by atoms with E-state index in [1.54, 1.807) is 50.2 Å². The van der Waals surface area contributed by atoms with Crippen LogP contribution in [0.3, 0.4) is 0 Å². The minimum atomic E-state index is -1.11. The zero-order valence-electron chi connectivity index (χ0n) is 13.2. The molecular formula is C18H19FO4. The van der Waals surface area contributed by atoms with E-state index >= 15 is 0 Å². The molecular weight excluding hydrogens is 299 g/mol. The summed E-state index contributed by atoms with van der Waals surface area (Å²) in [6, 6.07) is 11.1. The first-order valence-electron chi connectivity index (χ1n) is 7.21. The van der Waals surface area contributed by atoms with E-state index in [1.807, 2.05) is 0 Å². The fourth-order valence-electron chi connectivity index (χ4n) is 2.10. The van der Waals surface area contributed by atoms with Crippen LogP contribution in [0.4, 0.5) is 4.39 Å². The molecule has 122 valence electrons. The molecule has 0 bridgehead atoms. The first-order chi connectivity index (χ1) is 10.7. The average Bonchev–Trinajstić information content (AvgIpc) is 2.47. The molecule has 2 aromatic carbocycles. The molecule has 0 amide bonds. The molecule has 0 saturated heterocycles. The van der Waals surface area contributed by atoms with E-state index in [-0.39, 0.29) is 0 Å². The topological polar surface area (TPSA) is 66.8 Å². The number of halogens is 1. The van der Waals surface area contributed by atoms with Crippen LogP contribution in [0, 0.1) is 5.82 Å². The minimum Gasteiger partial charge on any atom is -0.479 e. The van der Waals surface area contributed by atoms with E-state index in [4.69, 9.17) is 9.84 Å². The van der Waals surface area contributed by atoms with Gasteiger partial charge in [0.05, 0.1) is 5.60 Å². The van der Waals surface area contributed by atoms with Gasteiger partial charge in [-0.25, -0.2) is 9.18 Å². The molecule has 0 spiro atoms. The van der Waals surface area contributed by atoms with Gasteiger partial charge in [-0.05, 0) is 50.1 Å². The second-order valence-electron chi connectivity index (χ2n) is 5.88. The summed E-state index contributed by atoms with van der Waals surface area (Å²) < 4.78 is 19.5. The molecule has 4 nitrogen and oxygen atoms in total. The normalized spacial score (nSPS) is 12.7. The fraction of sp³-hybridized carbons (Fsp3) is 0.278. The van der Waals surface area contributed by atoms with Crippen molar-refractivity contribution in [1.82, 2.24) is 0 Å². The van der Waals surface area contributed by atoms with Gasteiger partial charge in [-0.1, -0.05) is 24.3 Å². The summed E-state index contributed by atoms with van der Waals surface area (Å²) in [5.74, 6) is -1.09. The monoisotopic (exact) mass is 318 g/mol. The molecule has 2 aromatic rings. The van der Waals surface area contributed by atoms with E-state index in [2.05, 4.69) is 0 Å². The molecule has 0 fully saturated rings. The van der Waals surface area contributed by atoms with Crippen molar-refractivity contribution in [2.45, 2.75) is 32.5 Å². The number of carboxylic acids is 1. The maximum atomic E-state index is 14.3. The van der Waals surface area contributed by atoms with Crippen LogP contribution in [0.15, 0.2) is 42.5 Å². The first-order valence-corrected chi connectivity index (χ1v) is 7.21. The van der Waals surface area contributed by atoms with E-state index in [0.29, 0.717) is 22.4 Å². The zero-order valence-corrected chi connectivity index (χ0v) is 13.2. The summed E-state index contributed by atoms with van der Waals surface area (Å²) in [6.45, 7) is 4.62. The third-order valence-corrected chi connectivity index (χ3v) is 3.50. The van der Waals surface area contributed by atoms with Gasteiger partial charge in [-0.2, -0.15) is 0 Å². The fourth-order valence-corrected chi connectivity index (χ4v) is 2.10. The Morgan fingerprint density at radius 1 is 1.17 bits per heavy atom. The van der Waals surface area contributed by atoms with Crippen LogP contribution in [-0.4, -0.2) is 22.3 Å². The van der Waals surface area contributed by atoms with Crippen LogP contribution >= 0.6 is 0 Å². The molecule has 5 heteroatoms. The highest BCUT2D eigenvalue weighted by Gasteiger charge is 2.18. The molecule has 0 aliphatic heterocycles. The van der Waals surface area contributed by atoms with E-state index < -0.39 is 23.5 Å². The Hall–Kier alpha value is -2.40. The van der Waals surface area contributed by atoms with Crippen LogP contribution in [0.2, 0.25) is 0 Å². The van der Waals surface area contributed by atoms with Crippen molar-refractivity contribution in [3.8, 4) is 16.9 Å². The Kier molecular flexibility index (Phi) is 4.71. The zero-order chi connectivity index (χ0) is 17.2. The Bertz CT molecular complexity index is 702. The highest BCUT2D eigenvalue weighted by molar-refractivity contribution is 5.72. The number of rotatable bonds is 5. The molecule has 0 saturated carbocycles. The Morgan fingerprint density at radius 3 is 2.26 bits per heavy atom. The number of hydrogen-bond donors (Lipinski definition) is 2. The molecule has 0 radical (unpaired) electrons. The van der Waals surface area contributed by atoms with Gasteiger partial charge in [0.2, 0.25) is 0 Å². The average molecular weight is 318 g/mol. The number of ether oxygens (including phenoxy) is 1. The van der Waals surface area contributed by atoms with Gasteiger partial charge in [-0.3, -0.25) is 0 Å². The lowest BCUT2D eigenvalue weighted by Gasteiger charge is -2.18. The van der Waals surface area contributed by atoms with Gasteiger partial charge in [0.1, 0.15) is 11.6 Å². The van der Waals surface area contributed by atoms with Crippen molar-refractivity contribution in [3.63, 3.8) is 0 Å². The van der Waals surface area contributed by atoms with Gasteiger partial charge in [0.25, 0.3) is 0 Å². The number of hydrogen-bond acceptors (Lipinski definition) is 3. The van der Waals surface area contributed by atoms with Crippen molar-refractivity contribution in [3.05, 3.63) is 53.8 Å². The second-order valence-corrected chi connectivity index (χ2v) is 5.88. The lowest BCUT2D eigenvalue weighted by atomic mass is 9.95. The standard InChI is InChI=1S/C18H19FO4/c1-11(17(20)21)23-14-7-4-12(5-8-14)15-9-6-13(10-16(15)19)18(2,3)22/h4-11,22H,1-3H3,(H,20,21)/t11-/m0/s1. The largest absolute Gasteiger partial charge is 0.479 e. The Morgan fingerprint density at radius 2 is 1.78 bits per heavy atom. The number of carbonyl (C=O) groups is 1. The molecule has 0 aliphatic rings. The Labute approximate surface area is 134 Å². The number of aliphatic hydroxyl groups is 1. The van der Waals surface area contributed by atoms with E-state index in [0.717, 1.165) is 0 Å². The summed E-state index contributed by atoms with van der Waals surface area (Å²) >= 11 is 0. The minimum absolute atomic E-state index is 0.399. The highest BCUT2D eigenvalue weighted by Crippen LogP contribution is 2.29. The first kappa shape index (κ1) is 17.0. The predicted molar refractivity (Wildman–Crippen MR) is 84.8 cm³/mol. The van der Waals surface area contributed by atoms with Gasteiger partial charge < -0.3 is 14.9 Å². The van der Waals surface area contributed by atoms with Crippen molar-refractivity contribution in [1.29, 1.82) is 0 Å². The van der Waals surface area contributed by atoms with Crippen LogP contribution in [0.5, 0.6) is 5.75 Å². The quantitative estimate of drug-likeness (QED) is 0.884. The van der Waals surface area contributed by atoms with Crippen LogP contribution in [0.25, 0.3) is 11.1 Å². The van der Waals surface area contributed by atoms with Crippen molar-refractivity contribution < 1.29 is 24.1 Å². The van der Waals surface area contributed by atoms with Crippen LogP contribution in [0.1, 0.15) is 26.3 Å².